The van der Waals surface area contributed by atoms with Crippen molar-refractivity contribution in [2.45, 2.75) is 18.9 Å². The highest BCUT2D eigenvalue weighted by atomic mass is 35.5. The Morgan fingerprint density at radius 2 is 1.91 bits per heavy atom. The molecule has 2 aromatic carbocycles. The highest BCUT2D eigenvalue weighted by molar-refractivity contribution is 6.40. The van der Waals surface area contributed by atoms with Crippen LogP contribution in [0.4, 0.5) is 11.4 Å². The first kappa shape index (κ1) is 23.4. The topological polar surface area (TPSA) is 153 Å². The van der Waals surface area contributed by atoms with Gasteiger partial charge in [-0.3, -0.25) is 25.9 Å². The molecule has 0 saturated carbocycles. The Balaban J connectivity index is 1.81. The lowest BCUT2D eigenvalue weighted by Gasteiger charge is -2.28. The van der Waals surface area contributed by atoms with Gasteiger partial charge in [-0.15, -0.1) is 0 Å². The van der Waals surface area contributed by atoms with E-state index in [9.17, 15) is 9.90 Å². The smallest absolute Gasteiger partial charge is 0.254 e. The van der Waals surface area contributed by atoms with Crippen molar-refractivity contribution in [1.29, 1.82) is 16.2 Å². The fourth-order valence-electron chi connectivity index (χ4n) is 3.72. The number of nitrogen functional groups attached to an aromatic ring is 1. The van der Waals surface area contributed by atoms with Gasteiger partial charge in [-0.25, -0.2) is 0 Å². The average Bonchev–Trinajstić information content (AvgIpc) is 3.09. The molecule has 1 aliphatic heterocycles. The molecule has 1 heterocycles. The van der Waals surface area contributed by atoms with Crippen molar-refractivity contribution in [3.05, 3.63) is 51.5 Å². The summed E-state index contributed by atoms with van der Waals surface area (Å²) in [6.45, 7) is 2.87. The summed E-state index contributed by atoms with van der Waals surface area (Å²) in [6.07, 6.45) is 2.46. The molecule has 1 fully saturated rings. The van der Waals surface area contributed by atoms with Crippen LogP contribution in [-0.4, -0.2) is 48.2 Å². The first-order valence-corrected chi connectivity index (χ1v) is 10.4. The highest BCUT2D eigenvalue weighted by Gasteiger charge is 2.37. The molecule has 0 radical (unpaired) electrons. The van der Waals surface area contributed by atoms with Crippen LogP contribution in [0.3, 0.4) is 0 Å². The monoisotopic (exact) mass is 475 g/mol. The van der Waals surface area contributed by atoms with E-state index < -0.39 is 11.4 Å². The number of nitrogens with zero attached hydrogens (tertiary/aromatic N) is 2. The third-order valence-electron chi connectivity index (χ3n) is 5.36. The Labute approximate surface area is 195 Å². The summed E-state index contributed by atoms with van der Waals surface area (Å²) >= 11 is 12.6. The maximum absolute atomic E-state index is 13.0. The molecule has 1 aliphatic rings. The van der Waals surface area contributed by atoms with E-state index >= 15 is 0 Å². The van der Waals surface area contributed by atoms with Gasteiger partial charge in [0.2, 0.25) is 0 Å². The molecule has 0 aliphatic carbocycles. The van der Waals surface area contributed by atoms with E-state index in [1.54, 1.807) is 18.2 Å². The van der Waals surface area contributed by atoms with Crippen molar-refractivity contribution in [1.82, 2.24) is 5.32 Å². The third kappa shape index (κ3) is 4.49. The lowest BCUT2D eigenvalue weighted by Crippen LogP contribution is -2.48. The van der Waals surface area contributed by atoms with E-state index in [4.69, 9.17) is 45.2 Å². The van der Waals surface area contributed by atoms with Gasteiger partial charge in [0.1, 0.15) is 11.6 Å². The number of amidine groups is 1. The molecule has 3 rings (SSSR count). The summed E-state index contributed by atoms with van der Waals surface area (Å²) in [6, 6.07) is 7.96. The van der Waals surface area contributed by atoms with Crippen molar-refractivity contribution < 1.29 is 9.90 Å². The number of aromatic hydroxyl groups is 1. The maximum atomic E-state index is 13.0. The third-order valence-corrected chi connectivity index (χ3v) is 5.96. The van der Waals surface area contributed by atoms with Gasteiger partial charge in [0.15, 0.2) is 0 Å². The minimum absolute atomic E-state index is 0.0702. The minimum Gasteiger partial charge on any atom is -0.505 e. The van der Waals surface area contributed by atoms with E-state index in [-0.39, 0.29) is 32.8 Å². The molecule has 11 heteroatoms. The van der Waals surface area contributed by atoms with Crippen LogP contribution in [-0.2, 0) is 0 Å². The van der Waals surface area contributed by atoms with Gasteiger partial charge in [0, 0.05) is 13.1 Å². The minimum atomic E-state index is -0.628. The van der Waals surface area contributed by atoms with Crippen LogP contribution in [0.2, 0.25) is 10.0 Å². The molecule has 1 atom stereocenters. The number of amides is 1. The predicted octanol–water partition coefficient (Wildman–Crippen LogP) is 3.40. The van der Waals surface area contributed by atoms with Crippen molar-refractivity contribution >= 4 is 59.0 Å². The zero-order valence-electron chi connectivity index (χ0n) is 17.2. The summed E-state index contributed by atoms with van der Waals surface area (Å²) in [4.78, 5) is 16.1. The highest BCUT2D eigenvalue weighted by Crippen LogP contribution is 2.36. The number of phenolic OH excluding ortho intramolecular Hbond substituents is 1. The molecule has 0 spiro atoms. The number of hydrogen-bond acceptors (Lipinski definition) is 6. The molecule has 7 N–H and O–H groups in total. The molecule has 2 aromatic rings. The first-order valence-electron chi connectivity index (χ1n) is 9.62. The van der Waals surface area contributed by atoms with Crippen LogP contribution in [0.25, 0.3) is 0 Å². The van der Waals surface area contributed by atoms with Crippen LogP contribution in [0.1, 0.15) is 29.3 Å². The number of carbonyl (C=O) groups excluding carboxylic acids is 1. The van der Waals surface area contributed by atoms with E-state index in [2.05, 4.69) is 5.32 Å². The van der Waals surface area contributed by atoms with E-state index in [0.717, 1.165) is 12.7 Å². The summed E-state index contributed by atoms with van der Waals surface area (Å²) in [5.41, 5.74) is 6.19. The number of phenols is 1. The molecule has 0 bridgehead atoms. The zero-order chi connectivity index (χ0) is 23.6. The van der Waals surface area contributed by atoms with Crippen LogP contribution in [0.5, 0.6) is 5.75 Å². The van der Waals surface area contributed by atoms with E-state index in [1.807, 2.05) is 11.8 Å². The number of anilines is 2. The molecule has 168 valence electrons. The fourth-order valence-corrected chi connectivity index (χ4v) is 4.37. The average molecular weight is 476 g/mol. The summed E-state index contributed by atoms with van der Waals surface area (Å²) in [5.74, 6) is -0.745. The van der Waals surface area contributed by atoms with Crippen LogP contribution >= 0.6 is 23.2 Å². The summed E-state index contributed by atoms with van der Waals surface area (Å²) in [7, 11) is 0. The number of nitrogens with one attached hydrogen (secondary N) is 4. The second kappa shape index (κ2) is 9.05. The number of nitrogens with two attached hydrogens (primary N) is 1. The molecule has 9 nitrogen and oxygen atoms in total. The van der Waals surface area contributed by atoms with E-state index in [0.29, 0.717) is 30.9 Å². The first-order chi connectivity index (χ1) is 15.1. The lowest BCUT2D eigenvalue weighted by molar-refractivity contribution is 0.0914. The van der Waals surface area contributed by atoms with E-state index in [1.165, 1.54) is 17.0 Å². The van der Waals surface area contributed by atoms with Gasteiger partial charge in [0.25, 0.3) is 5.91 Å². The maximum Gasteiger partial charge on any atom is 0.254 e. The van der Waals surface area contributed by atoms with Gasteiger partial charge in [-0.2, -0.15) is 0 Å². The normalized spacial score (nSPS) is 17.7. The van der Waals surface area contributed by atoms with Crippen molar-refractivity contribution in [3.8, 4) is 5.75 Å². The number of halogens is 2. The van der Waals surface area contributed by atoms with Crippen LogP contribution in [0.15, 0.2) is 30.3 Å². The number of benzene rings is 2. The van der Waals surface area contributed by atoms with Crippen molar-refractivity contribution in [2.24, 2.45) is 5.73 Å². The summed E-state index contributed by atoms with van der Waals surface area (Å²) < 4.78 is 0. The Morgan fingerprint density at radius 3 is 2.47 bits per heavy atom. The number of carbonyl (C=O) groups is 1. The van der Waals surface area contributed by atoms with Gasteiger partial charge in [-0.05, 0) is 37.6 Å². The Bertz CT molecular complexity index is 1080. The SMILES string of the molecule is CC1(NC(=O)c2c(Cl)cc(N(C=N)C=N)cc2Cl)CCN(c2cccc(C(=N)N)c2O)C1. The Hall–Kier alpha value is -3.30. The Kier molecular flexibility index (Phi) is 6.61. The second-order valence-electron chi connectivity index (χ2n) is 7.72. The standard InChI is InChI=1S/C21H23Cl2N7O2/c1-21(5-6-29(9-21)16-4-2-3-13(18(16)31)19(26)27)28-20(32)17-14(22)7-12(8-15(17)23)30(10-24)11-25/h2-4,7-8,10-11,24-25,31H,5-6,9H2,1H3,(H3,26,27)(H,28,32). The molecule has 1 unspecified atom stereocenters. The number of hydrogen-bond donors (Lipinski definition) is 6. The zero-order valence-corrected chi connectivity index (χ0v) is 18.8. The molecular formula is C21H23Cl2N7O2. The molecule has 0 aromatic heterocycles. The molecule has 1 amide bonds. The quantitative estimate of drug-likeness (QED) is 0.267. The summed E-state index contributed by atoms with van der Waals surface area (Å²) in [5, 5.41) is 36.0. The van der Waals surface area contributed by atoms with Gasteiger partial charge in [0.05, 0.1) is 50.8 Å². The van der Waals surface area contributed by atoms with Gasteiger partial charge in [-0.1, -0.05) is 29.3 Å². The van der Waals surface area contributed by atoms with Gasteiger partial charge >= 0.3 is 0 Å². The lowest BCUT2D eigenvalue weighted by atomic mass is 10.0. The van der Waals surface area contributed by atoms with Crippen LogP contribution < -0.4 is 20.9 Å². The molecule has 32 heavy (non-hydrogen) atoms. The fraction of sp³-hybridized carbons (Fsp3) is 0.238. The molecule has 1 saturated heterocycles. The Morgan fingerprint density at radius 1 is 1.28 bits per heavy atom. The van der Waals surface area contributed by atoms with Crippen molar-refractivity contribution in [3.63, 3.8) is 0 Å². The predicted molar refractivity (Wildman–Crippen MR) is 128 cm³/mol. The van der Waals surface area contributed by atoms with Gasteiger partial charge < -0.3 is 21.1 Å². The molecular weight excluding hydrogens is 453 g/mol. The number of rotatable bonds is 7. The number of para-hydroxylation sites is 1. The van der Waals surface area contributed by atoms with Crippen molar-refractivity contribution in [2.75, 3.05) is 22.9 Å². The van der Waals surface area contributed by atoms with Crippen LogP contribution in [0, 0.1) is 16.2 Å². The second-order valence-corrected chi connectivity index (χ2v) is 8.54. The largest absolute Gasteiger partial charge is 0.505 e.